The fourth-order valence-corrected chi connectivity index (χ4v) is 10.1. The molecular weight excluding hydrogens is 522 g/mol. The van der Waals surface area contributed by atoms with Crippen molar-refractivity contribution in [2.45, 2.75) is 23.4 Å². The molecule has 0 aromatic heterocycles. The first-order valence-corrected chi connectivity index (χ1v) is 19.1. The van der Waals surface area contributed by atoms with E-state index in [0.717, 1.165) is 0 Å². The number of rotatable bonds is 5. The number of hydrogen-bond donors (Lipinski definition) is 0. The summed E-state index contributed by atoms with van der Waals surface area (Å²) in [7, 11) is 13.6. The summed E-state index contributed by atoms with van der Waals surface area (Å²) in [5, 5.41) is 0. The maximum atomic E-state index is 6.81. The monoisotopic (exact) mass is 545 g/mol. The normalized spacial score (nSPS) is 14.8. The topological polar surface area (TPSA) is 0 Å². The minimum atomic E-state index is -2.67. The Morgan fingerprint density at radius 1 is 0.667 bits per heavy atom. The van der Waals surface area contributed by atoms with Crippen LogP contribution in [0.5, 0.6) is 0 Å². The molecule has 163 valence electrons. The van der Waals surface area contributed by atoms with Crippen molar-refractivity contribution in [3.8, 4) is 22.3 Å². The van der Waals surface area contributed by atoms with Crippen LogP contribution in [0.15, 0.2) is 97.1 Å². The predicted molar refractivity (Wildman–Crippen MR) is 140 cm³/mol. The van der Waals surface area contributed by atoms with E-state index in [2.05, 4.69) is 117 Å². The van der Waals surface area contributed by atoms with Crippen LogP contribution in [0, 0.1) is 0 Å². The summed E-state index contributed by atoms with van der Waals surface area (Å²) in [6.45, 7) is 4.55. The third-order valence-electron chi connectivity index (χ3n) is 6.46. The van der Waals surface area contributed by atoms with Crippen molar-refractivity contribution in [2.24, 2.45) is 0 Å². The second kappa shape index (κ2) is 9.75. The summed E-state index contributed by atoms with van der Waals surface area (Å²) < 4.78 is 0.136. The van der Waals surface area contributed by atoms with Gasteiger partial charge in [-0.3, -0.25) is 0 Å². The SMILES string of the molecule is CC(C)c1ccc2c(c1-c1ccccc1-c1ccccc1)C=C(c1ccccc1)[CH]2[Zr]([Cl])[Cl]. The molecular formula is C30H25Cl2Zr. The van der Waals surface area contributed by atoms with Crippen LogP contribution in [0.4, 0.5) is 0 Å². The summed E-state index contributed by atoms with van der Waals surface area (Å²) in [4.78, 5) is 0. The number of halogens is 2. The van der Waals surface area contributed by atoms with Crippen molar-refractivity contribution in [3.05, 3.63) is 119 Å². The molecule has 0 saturated carbocycles. The van der Waals surface area contributed by atoms with Crippen molar-refractivity contribution >= 4 is 28.7 Å². The van der Waals surface area contributed by atoms with E-state index in [-0.39, 0.29) is 3.63 Å². The van der Waals surface area contributed by atoms with Crippen LogP contribution in [0.2, 0.25) is 0 Å². The molecule has 0 fully saturated rings. The van der Waals surface area contributed by atoms with Crippen molar-refractivity contribution < 1.29 is 19.4 Å². The van der Waals surface area contributed by atoms with Crippen LogP contribution in [0.25, 0.3) is 33.9 Å². The van der Waals surface area contributed by atoms with E-state index < -0.39 is 19.4 Å². The molecule has 0 radical (unpaired) electrons. The van der Waals surface area contributed by atoms with E-state index >= 15 is 0 Å². The Morgan fingerprint density at radius 3 is 1.85 bits per heavy atom. The summed E-state index contributed by atoms with van der Waals surface area (Å²) in [6, 6.07) is 34.6. The van der Waals surface area contributed by atoms with Gasteiger partial charge >= 0.3 is 213 Å². The molecule has 0 bridgehead atoms. The van der Waals surface area contributed by atoms with E-state index in [1.807, 2.05) is 0 Å². The van der Waals surface area contributed by atoms with Gasteiger partial charge in [0.25, 0.3) is 0 Å². The Labute approximate surface area is 211 Å². The molecule has 0 aliphatic heterocycles. The first kappa shape index (κ1) is 22.9. The van der Waals surface area contributed by atoms with Gasteiger partial charge in [0, 0.05) is 0 Å². The molecule has 3 heteroatoms. The van der Waals surface area contributed by atoms with E-state index in [4.69, 9.17) is 17.0 Å². The van der Waals surface area contributed by atoms with Gasteiger partial charge in [0.15, 0.2) is 0 Å². The summed E-state index contributed by atoms with van der Waals surface area (Å²) >= 11 is -2.67. The number of allylic oxidation sites excluding steroid dienone is 1. The molecule has 1 atom stereocenters. The molecule has 33 heavy (non-hydrogen) atoms. The van der Waals surface area contributed by atoms with Gasteiger partial charge in [-0.15, -0.1) is 0 Å². The molecule has 0 saturated heterocycles. The Balaban J connectivity index is 1.81. The van der Waals surface area contributed by atoms with E-state index in [9.17, 15) is 0 Å². The molecule has 0 N–H and O–H groups in total. The summed E-state index contributed by atoms with van der Waals surface area (Å²) in [5.41, 5.74) is 11.5. The average molecular weight is 548 g/mol. The molecule has 1 unspecified atom stereocenters. The van der Waals surface area contributed by atoms with Crippen LogP contribution < -0.4 is 0 Å². The Kier molecular flexibility index (Phi) is 6.75. The molecule has 5 rings (SSSR count). The third-order valence-corrected chi connectivity index (χ3v) is 11.6. The standard InChI is InChI=1S/C30H25.2ClH.Zr/c1-21(2)26-18-17-24-19-25(22-11-5-3-6-12-22)20-29(24)30(26)28-16-10-9-15-27(28)23-13-7-4-8-14-23;;;/h3-21H,1-2H3;2*1H;/q;;;+2/p-2. The van der Waals surface area contributed by atoms with Crippen molar-refractivity contribution in [2.75, 3.05) is 0 Å². The number of benzene rings is 4. The second-order valence-electron chi connectivity index (χ2n) is 8.79. The Morgan fingerprint density at radius 2 is 1.24 bits per heavy atom. The molecule has 4 aromatic carbocycles. The van der Waals surface area contributed by atoms with Gasteiger partial charge < -0.3 is 0 Å². The van der Waals surface area contributed by atoms with Gasteiger partial charge in [0.2, 0.25) is 0 Å². The van der Waals surface area contributed by atoms with Gasteiger partial charge in [0.1, 0.15) is 0 Å². The summed E-state index contributed by atoms with van der Waals surface area (Å²) in [5.74, 6) is 0.395. The second-order valence-corrected chi connectivity index (χ2v) is 17.6. The van der Waals surface area contributed by atoms with E-state index in [1.54, 1.807) is 0 Å². The molecule has 0 amide bonds. The fourth-order valence-electron chi connectivity index (χ4n) is 4.93. The minimum absolute atomic E-state index is 0.136. The number of fused-ring (bicyclic) bond motifs is 1. The van der Waals surface area contributed by atoms with Gasteiger partial charge in [-0.2, -0.15) is 0 Å². The molecule has 1 aliphatic rings. The third kappa shape index (κ3) is 4.32. The average Bonchev–Trinajstić information content (AvgIpc) is 3.24. The van der Waals surface area contributed by atoms with Crippen molar-refractivity contribution in [1.82, 2.24) is 0 Å². The van der Waals surface area contributed by atoms with Crippen LogP contribution in [-0.2, 0) is 19.4 Å². The molecule has 1 aliphatic carbocycles. The van der Waals surface area contributed by atoms with Crippen LogP contribution in [0.3, 0.4) is 0 Å². The van der Waals surface area contributed by atoms with Crippen LogP contribution >= 0.6 is 17.0 Å². The van der Waals surface area contributed by atoms with E-state index in [0.29, 0.717) is 5.92 Å². The van der Waals surface area contributed by atoms with E-state index in [1.165, 1.54) is 50.1 Å². The fraction of sp³-hybridized carbons (Fsp3) is 0.133. The van der Waals surface area contributed by atoms with Crippen molar-refractivity contribution in [1.29, 1.82) is 0 Å². The van der Waals surface area contributed by atoms with Gasteiger partial charge in [-0.05, 0) is 0 Å². The molecule has 4 aromatic rings. The van der Waals surface area contributed by atoms with Gasteiger partial charge in [0.05, 0.1) is 0 Å². The Bertz CT molecular complexity index is 1310. The zero-order valence-corrected chi connectivity index (χ0v) is 22.7. The molecule has 0 heterocycles. The van der Waals surface area contributed by atoms with Gasteiger partial charge in [-0.25, -0.2) is 0 Å². The first-order chi connectivity index (χ1) is 16.1. The number of hydrogen-bond acceptors (Lipinski definition) is 0. The summed E-state index contributed by atoms with van der Waals surface area (Å²) in [6.07, 6.45) is 2.36. The molecule has 0 spiro atoms. The van der Waals surface area contributed by atoms with Crippen LogP contribution in [0.1, 0.15) is 45.6 Å². The van der Waals surface area contributed by atoms with Crippen molar-refractivity contribution in [3.63, 3.8) is 0 Å². The quantitative estimate of drug-likeness (QED) is 0.233. The molecule has 0 nitrogen and oxygen atoms in total. The zero-order chi connectivity index (χ0) is 22.9. The Hall–Kier alpha value is -1.92. The zero-order valence-electron chi connectivity index (χ0n) is 18.7. The maximum absolute atomic E-state index is 6.81. The van der Waals surface area contributed by atoms with Gasteiger partial charge in [-0.1, -0.05) is 0 Å². The predicted octanol–water partition coefficient (Wildman–Crippen LogP) is 9.67. The first-order valence-electron chi connectivity index (χ1n) is 11.3. The van der Waals surface area contributed by atoms with Crippen LogP contribution in [-0.4, -0.2) is 0 Å².